The van der Waals surface area contributed by atoms with Crippen molar-refractivity contribution < 1.29 is 33.4 Å². The Morgan fingerprint density at radius 1 is 1.25 bits per heavy atom. The number of unbranched alkanes of at least 4 members (excludes halogenated alkanes) is 1. The highest BCUT2D eigenvalue weighted by Gasteiger charge is 2.78. The normalized spacial score (nSPS) is 33.4. The Morgan fingerprint density at radius 2 is 2.00 bits per heavy atom. The van der Waals surface area contributed by atoms with Crippen LogP contribution >= 0.6 is 0 Å². The van der Waals surface area contributed by atoms with Crippen molar-refractivity contribution in [2.75, 3.05) is 7.11 Å². The van der Waals surface area contributed by atoms with Crippen molar-refractivity contribution in [2.45, 2.75) is 77.4 Å². The topological polar surface area (TPSA) is 96.0 Å². The summed E-state index contributed by atoms with van der Waals surface area (Å²) in [5.74, 6) is -0.857. The lowest BCUT2D eigenvalue weighted by Crippen LogP contribution is -2.65. The highest BCUT2D eigenvalue weighted by atomic mass is 16.6. The number of ketones is 1. The standard InChI is InChI=1S/C25H34O7/c1-5-6-7-19-20(10-8-18(31-16(2)26)9-11-23(29)30-4)25-21(19)12-14-24(25,32-17(3)27)15-13-22(25)28/h8,10,13,15,18-21H,5-7,9,11-12,14H2,1-4H3/b10-8+/t18-,19-,20+,21+,24-,25-/m0/s1. The van der Waals surface area contributed by atoms with Gasteiger partial charge in [0, 0.05) is 20.3 Å². The molecule has 6 atom stereocenters. The van der Waals surface area contributed by atoms with E-state index in [1.165, 1.54) is 21.0 Å². The maximum atomic E-state index is 13.3. The van der Waals surface area contributed by atoms with Crippen molar-refractivity contribution in [3.05, 3.63) is 24.3 Å². The summed E-state index contributed by atoms with van der Waals surface area (Å²) in [7, 11) is 1.32. The second-order valence-corrected chi connectivity index (χ2v) is 9.17. The summed E-state index contributed by atoms with van der Waals surface area (Å²) in [5.41, 5.74) is -1.68. The van der Waals surface area contributed by atoms with Gasteiger partial charge in [0.1, 0.15) is 11.7 Å². The molecule has 0 unspecified atom stereocenters. The zero-order valence-electron chi connectivity index (χ0n) is 19.4. The van der Waals surface area contributed by atoms with Crippen LogP contribution in [0.3, 0.4) is 0 Å². The Balaban J connectivity index is 1.91. The second-order valence-electron chi connectivity index (χ2n) is 9.17. The average molecular weight is 447 g/mol. The van der Waals surface area contributed by atoms with E-state index in [1.807, 2.05) is 6.08 Å². The number of carbonyl (C=O) groups is 4. The Kier molecular flexibility index (Phi) is 7.25. The summed E-state index contributed by atoms with van der Waals surface area (Å²) < 4.78 is 15.9. The monoisotopic (exact) mass is 446 g/mol. The van der Waals surface area contributed by atoms with Crippen LogP contribution in [-0.4, -0.2) is 42.5 Å². The molecule has 0 aromatic carbocycles. The number of hydrogen-bond acceptors (Lipinski definition) is 7. The lowest BCUT2D eigenvalue weighted by Gasteiger charge is -2.59. The van der Waals surface area contributed by atoms with Crippen LogP contribution < -0.4 is 0 Å². The minimum absolute atomic E-state index is 0.0160. The molecule has 0 aromatic rings. The molecule has 1 spiro atoms. The smallest absolute Gasteiger partial charge is 0.305 e. The summed E-state index contributed by atoms with van der Waals surface area (Å²) >= 11 is 0. The second kappa shape index (κ2) is 9.59. The van der Waals surface area contributed by atoms with Gasteiger partial charge in [-0.05, 0) is 61.7 Å². The van der Waals surface area contributed by atoms with Gasteiger partial charge in [-0.2, -0.15) is 0 Å². The lowest BCUT2D eigenvalue weighted by molar-refractivity contribution is -0.193. The number of rotatable bonds is 10. The third-order valence-electron chi connectivity index (χ3n) is 7.46. The molecule has 3 aliphatic rings. The first-order chi connectivity index (χ1) is 15.2. The number of methoxy groups -OCH3 is 1. The predicted molar refractivity (Wildman–Crippen MR) is 116 cm³/mol. The zero-order chi connectivity index (χ0) is 23.5. The number of ether oxygens (including phenoxy) is 3. The zero-order valence-corrected chi connectivity index (χ0v) is 19.4. The van der Waals surface area contributed by atoms with E-state index in [2.05, 4.69) is 6.92 Å². The molecule has 0 aliphatic heterocycles. The quantitative estimate of drug-likeness (QED) is 0.287. The first-order valence-corrected chi connectivity index (χ1v) is 11.6. The maximum absolute atomic E-state index is 13.3. The van der Waals surface area contributed by atoms with Crippen molar-refractivity contribution in [3.63, 3.8) is 0 Å². The average Bonchev–Trinajstić information content (AvgIpc) is 3.16. The van der Waals surface area contributed by atoms with E-state index in [0.29, 0.717) is 18.8 Å². The van der Waals surface area contributed by atoms with Crippen LogP contribution in [0.1, 0.15) is 65.7 Å². The Morgan fingerprint density at radius 3 is 2.62 bits per heavy atom. The van der Waals surface area contributed by atoms with E-state index in [0.717, 1.165) is 25.7 Å². The molecule has 3 rings (SSSR count). The predicted octanol–water partition coefficient (Wildman–Crippen LogP) is 3.70. The van der Waals surface area contributed by atoms with Crippen molar-refractivity contribution in [2.24, 2.45) is 23.2 Å². The van der Waals surface area contributed by atoms with Gasteiger partial charge in [0.15, 0.2) is 5.78 Å². The fourth-order valence-electron chi connectivity index (χ4n) is 6.35. The van der Waals surface area contributed by atoms with Crippen LogP contribution in [0, 0.1) is 23.2 Å². The summed E-state index contributed by atoms with van der Waals surface area (Å²) in [6.45, 7) is 4.85. The molecule has 176 valence electrons. The molecule has 0 aromatic heterocycles. The van der Waals surface area contributed by atoms with Gasteiger partial charge < -0.3 is 14.2 Å². The molecule has 0 N–H and O–H groups in total. The van der Waals surface area contributed by atoms with Crippen LogP contribution in [0.4, 0.5) is 0 Å². The highest BCUT2D eigenvalue weighted by Crippen LogP contribution is 2.73. The first kappa shape index (κ1) is 24.2. The van der Waals surface area contributed by atoms with Crippen LogP contribution in [0.15, 0.2) is 24.3 Å². The number of hydrogen-bond donors (Lipinski definition) is 0. The van der Waals surface area contributed by atoms with E-state index in [9.17, 15) is 19.2 Å². The SMILES string of the molecule is CCCC[C@H]1[C@@H](/C=C/[C@@H](CCC(=O)OC)OC(C)=O)[C@]23C(=O)C=C[C@@]2(OC(C)=O)CC[C@H]13. The van der Waals surface area contributed by atoms with Crippen molar-refractivity contribution in [1.29, 1.82) is 0 Å². The van der Waals surface area contributed by atoms with Gasteiger partial charge >= 0.3 is 17.9 Å². The Labute approximate surface area is 189 Å². The summed E-state index contributed by atoms with van der Waals surface area (Å²) in [6, 6.07) is 0. The molecule has 0 radical (unpaired) electrons. The molecule has 3 aliphatic carbocycles. The van der Waals surface area contributed by atoms with Gasteiger partial charge in [0.2, 0.25) is 0 Å². The Hall–Kier alpha value is -2.44. The molecule has 0 amide bonds. The minimum atomic E-state index is -0.902. The minimum Gasteiger partial charge on any atom is -0.469 e. The highest BCUT2D eigenvalue weighted by molar-refractivity contribution is 6.02. The maximum Gasteiger partial charge on any atom is 0.305 e. The molecule has 0 saturated heterocycles. The summed E-state index contributed by atoms with van der Waals surface area (Å²) in [6.07, 6.45) is 11.5. The van der Waals surface area contributed by atoms with Crippen LogP contribution in [0.25, 0.3) is 0 Å². The van der Waals surface area contributed by atoms with Crippen molar-refractivity contribution in [1.82, 2.24) is 0 Å². The van der Waals surface area contributed by atoms with E-state index < -0.39 is 23.1 Å². The molecule has 32 heavy (non-hydrogen) atoms. The van der Waals surface area contributed by atoms with Crippen LogP contribution in [0.2, 0.25) is 0 Å². The van der Waals surface area contributed by atoms with Gasteiger partial charge in [-0.3, -0.25) is 19.2 Å². The molecular formula is C25H34O7. The van der Waals surface area contributed by atoms with Gasteiger partial charge in [0.25, 0.3) is 0 Å². The van der Waals surface area contributed by atoms with Gasteiger partial charge in [-0.15, -0.1) is 0 Å². The lowest BCUT2D eigenvalue weighted by atomic mass is 9.43. The van der Waals surface area contributed by atoms with E-state index in [-0.39, 0.29) is 36.0 Å². The van der Waals surface area contributed by atoms with Crippen LogP contribution in [-0.2, 0) is 33.4 Å². The molecule has 0 heterocycles. The number of allylic oxidation sites excluding steroid dienone is 2. The Bertz CT molecular complexity index is 828. The number of esters is 3. The summed E-state index contributed by atoms with van der Waals surface area (Å²) in [5, 5.41) is 0. The van der Waals surface area contributed by atoms with Crippen molar-refractivity contribution in [3.8, 4) is 0 Å². The van der Waals surface area contributed by atoms with Crippen LogP contribution in [0.5, 0.6) is 0 Å². The molecule has 7 heteroatoms. The van der Waals surface area contributed by atoms with Gasteiger partial charge in [-0.1, -0.05) is 25.8 Å². The largest absolute Gasteiger partial charge is 0.469 e. The fourth-order valence-corrected chi connectivity index (χ4v) is 6.35. The molecule has 2 fully saturated rings. The third-order valence-corrected chi connectivity index (χ3v) is 7.46. The molecular weight excluding hydrogens is 412 g/mol. The van der Waals surface area contributed by atoms with Crippen molar-refractivity contribution >= 4 is 23.7 Å². The van der Waals surface area contributed by atoms with E-state index in [1.54, 1.807) is 18.2 Å². The number of carbonyl (C=O) groups excluding carboxylic acids is 4. The van der Waals surface area contributed by atoms with E-state index in [4.69, 9.17) is 14.2 Å². The first-order valence-electron chi connectivity index (χ1n) is 11.6. The van der Waals surface area contributed by atoms with E-state index >= 15 is 0 Å². The summed E-state index contributed by atoms with van der Waals surface area (Å²) in [4.78, 5) is 48.4. The third kappa shape index (κ3) is 4.02. The van der Waals surface area contributed by atoms with Gasteiger partial charge in [0.05, 0.1) is 12.5 Å². The molecule has 2 saturated carbocycles. The molecule has 7 nitrogen and oxygen atoms in total. The fraction of sp³-hybridized carbons (Fsp3) is 0.680. The van der Waals surface area contributed by atoms with Gasteiger partial charge in [-0.25, -0.2) is 0 Å². The molecule has 0 bridgehead atoms.